The van der Waals surface area contributed by atoms with Crippen LogP contribution in [0.1, 0.15) is 11.3 Å². The Morgan fingerprint density at radius 3 is 2.58 bits per heavy atom. The fourth-order valence-corrected chi connectivity index (χ4v) is 1.74. The van der Waals surface area contributed by atoms with E-state index in [1.165, 1.54) is 18.2 Å². The second kappa shape index (κ2) is 4.60. The predicted octanol–water partition coefficient (Wildman–Crippen LogP) is 3.09. The summed E-state index contributed by atoms with van der Waals surface area (Å²) >= 11 is 0. The zero-order valence-electron chi connectivity index (χ0n) is 10.4. The molecule has 0 radical (unpaired) electrons. The van der Waals surface area contributed by atoms with Gasteiger partial charge in [-0.05, 0) is 32.0 Å². The number of aromatic nitrogens is 1. The number of hydrogen-bond donors (Lipinski definition) is 1. The average Bonchev–Trinajstić information content (AvgIpc) is 2.33. The van der Waals surface area contributed by atoms with E-state index in [1.807, 2.05) is 0 Å². The molecule has 1 heterocycles. The van der Waals surface area contributed by atoms with Crippen molar-refractivity contribution in [3.63, 3.8) is 0 Å². The third-order valence-corrected chi connectivity index (χ3v) is 2.86. The number of aryl methyl sites for hydroxylation is 1. The van der Waals surface area contributed by atoms with E-state index in [0.717, 1.165) is 5.69 Å². The summed E-state index contributed by atoms with van der Waals surface area (Å²) in [5, 5.41) is 0.322. The summed E-state index contributed by atoms with van der Waals surface area (Å²) in [4.78, 5) is 15.0. The summed E-state index contributed by atoms with van der Waals surface area (Å²) in [5.74, 6) is 0.0265. The molecule has 0 aliphatic rings. The molecule has 0 spiro atoms. The highest BCUT2D eigenvalue weighted by Crippen LogP contribution is 2.21. The van der Waals surface area contributed by atoms with Gasteiger partial charge in [0, 0.05) is 22.2 Å². The highest BCUT2D eigenvalue weighted by molar-refractivity contribution is 5.80. The molecule has 0 saturated carbocycles. The van der Waals surface area contributed by atoms with E-state index in [4.69, 9.17) is 0 Å². The number of H-pyrrole nitrogens is 1. The van der Waals surface area contributed by atoms with Gasteiger partial charge in [-0.25, -0.2) is 0 Å². The molecular weight excluding hydrogens is 259 g/mol. The topological polar surface area (TPSA) is 42.1 Å². The van der Waals surface area contributed by atoms with E-state index in [-0.39, 0.29) is 11.2 Å². The van der Waals surface area contributed by atoms with Crippen LogP contribution >= 0.6 is 0 Å². The van der Waals surface area contributed by atoms with E-state index in [9.17, 15) is 18.0 Å². The highest BCUT2D eigenvalue weighted by atomic mass is 19.4. The maximum absolute atomic E-state index is 12.1. The molecular formula is C13H12F3NO2. The van der Waals surface area contributed by atoms with Crippen molar-refractivity contribution >= 4 is 10.9 Å². The van der Waals surface area contributed by atoms with Crippen molar-refractivity contribution in [3.05, 3.63) is 39.7 Å². The second-order valence-corrected chi connectivity index (χ2v) is 4.32. The van der Waals surface area contributed by atoms with Gasteiger partial charge in [0.15, 0.2) is 12.0 Å². The van der Waals surface area contributed by atoms with Crippen LogP contribution in [-0.2, 0) is 0 Å². The number of benzene rings is 1. The molecule has 0 saturated heterocycles. The Morgan fingerprint density at radius 1 is 1.26 bits per heavy atom. The van der Waals surface area contributed by atoms with Crippen LogP contribution in [0.4, 0.5) is 13.2 Å². The van der Waals surface area contributed by atoms with Gasteiger partial charge in [0.05, 0.1) is 0 Å². The number of rotatable bonds is 2. The zero-order valence-corrected chi connectivity index (χ0v) is 10.4. The molecule has 6 heteroatoms. The summed E-state index contributed by atoms with van der Waals surface area (Å²) < 4.78 is 40.8. The lowest BCUT2D eigenvalue weighted by Gasteiger charge is -2.10. The first-order valence-electron chi connectivity index (χ1n) is 5.61. The normalized spacial score (nSPS) is 11.8. The van der Waals surface area contributed by atoms with Gasteiger partial charge in [-0.1, -0.05) is 0 Å². The quantitative estimate of drug-likeness (QED) is 0.912. The lowest BCUT2D eigenvalue weighted by molar-refractivity contribution is -0.153. The monoisotopic (exact) mass is 271 g/mol. The van der Waals surface area contributed by atoms with Crippen LogP contribution in [0, 0.1) is 13.8 Å². The number of alkyl halides is 3. The molecule has 19 heavy (non-hydrogen) atoms. The Hall–Kier alpha value is -1.98. The summed E-state index contributed by atoms with van der Waals surface area (Å²) in [6.45, 7) is 2.06. The van der Waals surface area contributed by atoms with Crippen LogP contribution in [0.15, 0.2) is 23.0 Å². The fraction of sp³-hybridized carbons (Fsp3) is 0.308. The minimum Gasteiger partial charge on any atom is -0.484 e. The Balaban J connectivity index is 2.43. The van der Waals surface area contributed by atoms with Crippen LogP contribution in [0.5, 0.6) is 5.75 Å². The number of fused-ring (bicyclic) bond motifs is 1. The summed E-state index contributed by atoms with van der Waals surface area (Å²) in [5.41, 5.74) is 1.65. The van der Waals surface area contributed by atoms with Gasteiger partial charge < -0.3 is 9.72 Å². The third-order valence-electron chi connectivity index (χ3n) is 2.86. The Kier molecular flexibility index (Phi) is 3.26. The molecule has 0 fully saturated rings. The van der Waals surface area contributed by atoms with Crippen molar-refractivity contribution in [3.8, 4) is 5.75 Å². The van der Waals surface area contributed by atoms with E-state index in [2.05, 4.69) is 9.72 Å². The molecule has 1 N–H and O–H groups in total. The number of aromatic amines is 1. The molecule has 0 bridgehead atoms. The smallest absolute Gasteiger partial charge is 0.422 e. The minimum absolute atomic E-state index is 0.0265. The van der Waals surface area contributed by atoms with Crippen molar-refractivity contribution in [2.24, 2.45) is 0 Å². The number of pyridine rings is 1. The first kappa shape index (κ1) is 13.5. The van der Waals surface area contributed by atoms with Gasteiger partial charge in [0.1, 0.15) is 5.75 Å². The molecule has 1 aromatic carbocycles. The molecule has 0 amide bonds. The van der Waals surface area contributed by atoms with Crippen LogP contribution < -0.4 is 10.2 Å². The minimum atomic E-state index is -4.40. The van der Waals surface area contributed by atoms with Gasteiger partial charge >= 0.3 is 6.18 Å². The molecule has 102 valence electrons. The lowest BCUT2D eigenvalue weighted by atomic mass is 10.1. The fourth-order valence-electron chi connectivity index (χ4n) is 1.74. The highest BCUT2D eigenvalue weighted by Gasteiger charge is 2.28. The number of nitrogens with one attached hydrogen (secondary N) is 1. The standard InChI is InChI=1S/C13H12F3NO2/c1-7-8(2)17-11-4-3-9(5-10(11)12(7)18)19-6-13(14,15)16/h3-5H,6H2,1-2H3,(H,17,18). The van der Waals surface area contributed by atoms with Gasteiger partial charge in [-0.3, -0.25) is 4.79 Å². The third kappa shape index (κ3) is 2.89. The second-order valence-electron chi connectivity index (χ2n) is 4.32. The van der Waals surface area contributed by atoms with Gasteiger partial charge in [-0.2, -0.15) is 13.2 Å². The molecule has 1 aromatic heterocycles. The van der Waals surface area contributed by atoms with Gasteiger partial charge in [0.2, 0.25) is 0 Å². The van der Waals surface area contributed by atoms with Crippen LogP contribution in [0.2, 0.25) is 0 Å². The Labute approximate surface area is 107 Å². The first-order chi connectivity index (χ1) is 8.78. The van der Waals surface area contributed by atoms with Crippen LogP contribution in [0.3, 0.4) is 0 Å². The average molecular weight is 271 g/mol. The van der Waals surface area contributed by atoms with E-state index < -0.39 is 12.8 Å². The largest absolute Gasteiger partial charge is 0.484 e. The number of hydrogen-bond acceptors (Lipinski definition) is 2. The Morgan fingerprint density at radius 2 is 1.95 bits per heavy atom. The van der Waals surface area contributed by atoms with E-state index in [1.54, 1.807) is 13.8 Å². The maximum Gasteiger partial charge on any atom is 0.422 e. The van der Waals surface area contributed by atoms with Gasteiger partial charge in [-0.15, -0.1) is 0 Å². The molecule has 0 aliphatic carbocycles. The molecule has 2 aromatic rings. The Bertz CT molecular complexity index is 674. The molecule has 0 aliphatic heterocycles. The summed E-state index contributed by atoms with van der Waals surface area (Å²) in [6, 6.07) is 4.26. The van der Waals surface area contributed by atoms with Crippen molar-refractivity contribution in [1.29, 1.82) is 0 Å². The maximum atomic E-state index is 12.1. The molecule has 3 nitrogen and oxygen atoms in total. The number of halogens is 3. The van der Waals surface area contributed by atoms with E-state index in [0.29, 0.717) is 16.5 Å². The van der Waals surface area contributed by atoms with Crippen molar-refractivity contribution in [2.45, 2.75) is 20.0 Å². The van der Waals surface area contributed by atoms with Crippen molar-refractivity contribution in [1.82, 2.24) is 4.98 Å². The first-order valence-corrected chi connectivity index (χ1v) is 5.61. The van der Waals surface area contributed by atoms with Gasteiger partial charge in [0.25, 0.3) is 0 Å². The van der Waals surface area contributed by atoms with Crippen LogP contribution in [-0.4, -0.2) is 17.8 Å². The molecule has 0 atom stereocenters. The molecule has 2 rings (SSSR count). The SMILES string of the molecule is Cc1[nH]c2ccc(OCC(F)(F)F)cc2c(=O)c1C. The van der Waals surface area contributed by atoms with Crippen LogP contribution in [0.25, 0.3) is 10.9 Å². The number of ether oxygens (including phenoxy) is 1. The lowest BCUT2D eigenvalue weighted by Crippen LogP contribution is -2.19. The van der Waals surface area contributed by atoms with E-state index >= 15 is 0 Å². The summed E-state index contributed by atoms with van der Waals surface area (Å²) in [6.07, 6.45) is -4.40. The van der Waals surface area contributed by atoms with Crippen molar-refractivity contribution in [2.75, 3.05) is 6.61 Å². The summed E-state index contributed by atoms with van der Waals surface area (Å²) in [7, 11) is 0. The zero-order chi connectivity index (χ0) is 14.2. The molecule has 0 unspecified atom stereocenters. The predicted molar refractivity (Wildman–Crippen MR) is 65.6 cm³/mol. The van der Waals surface area contributed by atoms with Crippen molar-refractivity contribution < 1.29 is 17.9 Å².